The Morgan fingerprint density at radius 2 is 1.80 bits per heavy atom. The number of rotatable bonds is 5. The van der Waals surface area contributed by atoms with Gasteiger partial charge in [-0.05, 0) is 51.7 Å². The molecule has 15 heavy (non-hydrogen) atoms. The van der Waals surface area contributed by atoms with Crippen molar-refractivity contribution in [3.05, 3.63) is 0 Å². The van der Waals surface area contributed by atoms with Crippen LogP contribution in [0.25, 0.3) is 0 Å². The van der Waals surface area contributed by atoms with Gasteiger partial charge >= 0.3 is 0 Å². The molecular formula is C13H28N2. The lowest BCUT2D eigenvalue weighted by Crippen LogP contribution is -2.47. The summed E-state index contributed by atoms with van der Waals surface area (Å²) >= 11 is 0. The molecule has 0 amide bonds. The van der Waals surface area contributed by atoms with Gasteiger partial charge in [0.2, 0.25) is 0 Å². The van der Waals surface area contributed by atoms with Gasteiger partial charge in [-0.3, -0.25) is 0 Å². The first-order chi connectivity index (χ1) is 7.15. The van der Waals surface area contributed by atoms with Crippen molar-refractivity contribution in [1.29, 1.82) is 0 Å². The Kier molecular flexibility index (Phi) is 5.62. The minimum atomic E-state index is 0.747. The summed E-state index contributed by atoms with van der Waals surface area (Å²) in [4.78, 5) is 2.65. The largest absolute Gasteiger partial charge is 0.314 e. The van der Waals surface area contributed by atoms with Crippen LogP contribution in [0.2, 0.25) is 0 Å². The minimum absolute atomic E-state index is 0.747. The Hall–Kier alpha value is -0.0800. The molecule has 1 unspecified atom stereocenters. The topological polar surface area (TPSA) is 15.3 Å². The van der Waals surface area contributed by atoms with E-state index in [4.69, 9.17) is 0 Å². The zero-order valence-electron chi connectivity index (χ0n) is 10.9. The molecule has 1 aliphatic rings. The average Bonchev–Trinajstić information content (AvgIpc) is 2.26. The molecule has 1 aliphatic heterocycles. The second-order valence-corrected chi connectivity index (χ2v) is 5.25. The maximum atomic E-state index is 3.63. The molecule has 90 valence electrons. The van der Waals surface area contributed by atoms with E-state index in [-0.39, 0.29) is 0 Å². The van der Waals surface area contributed by atoms with Crippen LogP contribution in [0, 0.1) is 5.92 Å². The lowest BCUT2D eigenvalue weighted by Gasteiger charge is -2.38. The highest BCUT2D eigenvalue weighted by Gasteiger charge is 2.23. The van der Waals surface area contributed by atoms with Gasteiger partial charge in [-0.1, -0.05) is 20.8 Å². The Bertz CT molecular complexity index is 160. The van der Waals surface area contributed by atoms with Gasteiger partial charge in [0.05, 0.1) is 0 Å². The molecule has 0 bridgehead atoms. The van der Waals surface area contributed by atoms with Crippen LogP contribution < -0.4 is 5.32 Å². The average molecular weight is 212 g/mol. The quantitative estimate of drug-likeness (QED) is 0.753. The van der Waals surface area contributed by atoms with Gasteiger partial charge in [0.1, 0.15) is 0 Å². The molecule has 0 aliphatic carbocycles. The third-order valence-corrected chi connectivity index (χ3v) is 3.75. The molecule has 0 aromatic heterocycles. The third kappa shape index (κ3) is 4.12. The van der Waals surface area contributed by atoms with E-state index < -0.39 is 0 Å². The Labute approximate surface area is 95.4 Å². The first-order valence-electron chi connectivity index (χ1n) is 6.62. The Morgan fingerprint density at radius 1 is 1.20 bits per heavy atom. The van der Waals surface area contributed by atoms with Gasteiger partial charge in [0.15, 0.2) is 0 Å². The van der Waals surface area contributed by atoms with Gasteiger partial charge in [0, 0.05) is 12.1 Å². The van der Waals surface area contributed by atoms with E-state index >= 15 is 0 Å². The monoisotopic (exact) mass is 212 g/mol. The van der Waals surface area contributed by atoms with E-state index in [0.717, 1.165) is 18.0 Å². The van der Waals surface area contributed by atoms with Gasteiger partial charge in [-0.25, -0.2) is 0 Å². The van der Waals surface area contributed by atoms with Gasteiger partial charge in [-0.15, -0.1) is 0 Å². The SMILES string of the molecule is CCCNC1CCN(C(C)C(C)C)CC1. The highest BCUT2D eigenvalue weighted by atomic mass is 15.2. The van der Waals surface area contributed by atoms with Crippen LogP contribution in [-0.4, -0.2) is 36.6 Å². The first kappa shape index (κ1) is 13.0. The molecule has 1 rings (SSSR count). The van der Waals surface area contributed by atoms with Crippen LogP contribution in [-0.2, 0) is 0 Å². The van der Waals surface area contributed by atoms with Crippen molar-refractivity contribution in [2.45, 2.75) is 59.0 Å². The molecule has 0 radical (unpaired) electrons. The van der Waals surface area contributed by atoms with Crippen LogP contribution in [0.1, 0.15) is 47.0 Å². The fourth-order valence-electron chi connectivity index (χ4n) is 2.28. The van der Waals surface area contributed by atoms with E-state index in [1.54, 1.807) is 0 Å². The lowest BCUT2D eigenvalue weighted by atomic mass is 9.98. The molecule has 0 saturated carbocycles. The number of nitrogens with zero attached hydrogens (tertiary/aromatic N) is 1. The minimum Gasteiger partial charge on any atom is -0.314 e. The summed E-state index contributed by atoms with van der Waals surface area (Å²) in [6.45, 7) is 13.0. The fraction of sp³-hybridized carbons (Fsp3) is 1.00. The van der Waals surface area contributed by atoms with E-state index in [1.165, 1.54) is 38.9 Å². The second kappa shape index (κ2) is 6.49. The van der Waals surface area contributed by atoms with Gasteiger partial charge in [-0.2, -0.15) is 0 Å². The van der Waals surface area contributed by atoms with Crippen LogP contribution in [0.15, 0.2) is 0 Å². The molecule has 0 spiro atoms. The molecule has 0 aromatic carbocycles. The normalized spacial score (nSPS) is 22.2. The summed E-state index contributed by atoms with van der Waals surface area (Å²) in [5, 5.41) is 3.63. The van der Waals surface area contributed by atoms with Crippen LogP contribution >= 0.6 is 0 Å². The highest BCUT2D eigenvalue weighted by molar-refractivity contribution is 4.80. The molecule has 1 saturated heterocycles. The molecule has 0 aromatic rings. The summed E-state index contributed by atoms with van der Waals surface area (Å²) in [5.41, 5.74) is 0. The predicted octanol–water partition coefficient (Wildman–Crippen LogP) is 2.49. The lowest BCUT2D eigenvalue weighted by molar-refractivity contribution is 0.124. The number of likely N-dealkylation sites (tertiary alicyclic amines) is 1. The van der Waals surface area contributed by atoms with Crippen molar-refractivity contribution in [2.24, 2.45) is 5.92 Å². The van der Waals surface area contributed by atoms with Crippen molar-refractivity contribution >= 4 is 0 Å². The maximum absolute atomic E-state index is 3.63. The van der Waals surface area contributed by atoms with Crippen LogP contribution in [0.5, 0.6) is 0 Å². The zero-order chi connectivity index (χ0) is 11.3. The molecule has 1 heterocycles. The van der Waals surface area contributed by atoms with Gasteiger partial charge < -0.3 is 10.2 Å². The van der Waals surface area contributed by atoms with Gasteiger partial charge in [0.25, 0.3) is 0 Å². The summed E-state index contributed by atoms with van der Waals surface area (Å²) in [6, 6.07) is 1.53. The molecule has 2 heteroatoms. The molecular weight excluding hydrogens is 184 g/mol. The highest BCUT2D eigenvalue weighted by Crippen LogP contribution is 2.17. The van der Waals surface area contributed by atoms with Crippen molar-refractivity contribution in [3.8, 4) is 0 Å². The summed E-state index contributed by atoms with van der Waals surface area (Å²) in [5.74, 6) is 0.783. The second-order valence-electron chi connectivity index (χ2n) is 5.25. The van der Waals surface area contributed by atoms with Crippen molar-refractivity contribution in [3.63, 3.8) is 0 Å². The van der Waals surface area contributed by atoms with Crippen molar-refractivity contribution < 1.29 is 0 Å². The van der Waals surface area contributed by atoms with E-state index in [0.29, 0.717) is 0 Å². The molecule has 1 fully saturated rings. The first-order valence-corrected chi connectivity index (χ1v) is 6.62. The van der Waals surface area contributed by atoms with E-state index in [2.05, 4.69) is 37.9 Å². The van der Waals surface area contributed by atoms with Crippen molar-refractivity contribution in [1.82, 2.24) is 10.2 Å². The number of piperidine rings is 1. The molecule has 1 atom stereocenters. The summed E-state index contributed by atoms with van der Waals surface area (Å²) < 4.78 is 0. The zero-order valence-corrected chi connectivity index (χ0v) is 10.9. The predicted molar refractivity (Wildman–Crippen MR) is 67.2 cm³/mol. The summed E-state index contributed by atoms with van der Waals surface area (Å²) in [7, 11) is 0. The number of hydrogen-bond donors (Lipinski definition) is 1. The molecule has 2 nitrogen and oxygen atoms in total. The van der Waals surface area contributed by atoms with Crippen molar-refractivity contribution in [2.75, 3.05) is 19.6 Å². The third-order valence-electron chi connectivity index (χ3n) is 3.75. The number of nitrogens with one attached hydrogen (secondary N) is 1. The standard InChI is InChI=1S/C13H28N2/c1-5-8-14-13-6-9-15(10-7-13)12(4)11(2)3/h11-14H,5-10H2,1-4H3. The van der Waals surface area contributed by atoms with E-state index in [9.17, 15) is 0 Å². The molecule has 1 N–H and O–H groups in total. The maximum Gasteiger partial charge on any atom is 0.00914 e. The van der Waals surface area contributed by atoms with Crippen LogP contribution in [0.4, 0.5) is 0 Å². The number of hydrogen-bond acceptors (Lipinski definition) is 2. The van der Waals surface area contributed by atoms with Crippen LogP contribution in [0.3, 0.4) is 0 Å². The summed E-state index contributed by atoms with van der Waals surface area (Å²) in [6.07, 6.45) is 3.91. The Balaban J connectivity index is 2.23. The smallest absolute Gasteiger partial charge is 0.00914 e. The fourth-order valence-corrected chi connectivity index (χ4v) is 2.28. The Morgan fingerprint density at radius 3 is 2.27 bits per heavy atom. The van der Waals surface area contributed by atoms with E-state index in [1.807, 2.05) is 0 Å².